The number of hydrogen-bond donors (Lipinski definition) is 2. The predicted octanol–water partition coefficient (Wildman–Crippen LogP) is 2.80. The van der Waals surface area contributed by atoms with Gasteiger partial charge in [0, 0.05) is 11.6 Å². The summed E-state index contributed by atoms with van der Waals surface area (Å²) in [5, 5.41) is 3.04. The Bertz CT molecular complexity index is 467. The van der Waals surface area contributed by atoms with Crippen molar-refractivity contribution in [3.63, 3.8) is 0 Å². The molecule has 0 aliphatic heterocycles. The minimum atomic E-state index is -0.283. The van der Waals surface area contributed by atoms with Crippen molar-refractivity contribution in [2.45, 2.75) is 38.6 Å². The summed E-state index contributed by atoms with van der Waals surface area (Å²) in [5.74, 6) is -0.0539. The molecule has 5 heteroatoms. The third kappa shape index (κ3) is 3.93. The molecule has 0 spiro atoms. The normalized spacial score (nSPS) is 21.9. The Labute approximate surface area is 125 Å². The van der Waals surface area contributed by atoms with E-state index in [0.29, 0.717) is 23.6 Å². The van der Waals surface area contributed by atoms with E-state index in [2.05, 4.69) is 5.32 Å². The van der Waals surface area contributed by atoms with Crippen LogP contribution in [-0.4, -0.2) is 18.5 Å². The summed E-state index contributed by atoms with van der Waals surface area (Å²) in [5.41, 5.74) is 6.76. The van der Waals surface area contributed by atoms with Crippen LogP contribution in [0.3, 0.4) is 0 Å². The second-order valence-corrected chi connectivity index (χ2v) is 5.32. The van der Waals surface area contributed by atoms with Crippen LogP contribution in [0.25, 0.3) is 0 Å². The molecule has 1 fully saturated rings. The van der Waals surface area contributed by atoms with Gasteiger partial charge in [-0.3, -0.25) is 4.79 Å². The van der Waals surface area contributed by atoms with Crippen molar-refractivity contribution in [1.29, 1.82) is 0 Å². The number of nitrogens with two attached hydrogens (primary N) is 1. The summed E-state index contributed by atoms with van der Waals surface area (Å²) in [7, 11) is 0. The average Bonchev–Trinajstić information content (AvgIpc) is 2.42. The lowest BCUT2D eigenvalue weighted by Crippen LogP contribution is -2.44. The van der Waals surface area contributed by atoms with E-state index in [1.165, 1.54) is 18.6 Å². The van der Waals surface area contributed by atoms with E-state index in [1.807, 2.05) is 0 Å². The number of rotatable bonds is 3. The van der Waals surface area contributed by atoms with Crippen LogP contribution in [0.1, 0.15) is 41.6 Å². The molecule has 1 amide bonds. The van der Waals surface area contributed by atoms with Gasteiger partial charge in [0.1, 0.15) is 5.82 Å². The van der Waals surface area contributed by atoms with E-state index < -0.39 is 0 Å². The zero-order valence-electron chi connectivity index (χ0n) is 11.7. The fraction of sp³-hybridized carbons (Fsp3) is 0.533. The minimum Gasteiger partial charge on any atom is -0.349 e. The SMILES string of the molecule is Cc1cc(C(=O)NC2CCCCC2CN)ccc1F.Cl. The molecule has 0 saturated heterocycles. The third-order valence-corrected chi connectivity index (χ3v) is 3.95. The second-order valence-electron chi connectivity index (χ2n) is 5.32. The van der Waals surface area contributed by atoms with Crippen molar-refractivity contribution < 1.29 is 9.18 Å². The Morgan fingerprint density at radius 1 is 1.40 bits per heavy atom. The topological polar surface area (TPSA) is 55.1 Å². The van der Waals surface area contributed by atoms with Crippen LogP contribution < -0.4 is 11.1 Å². The van der Waals surface area contributed by atoms with E-state index in [4.69, 9.17) is 5.73 Å². The molecule has 0 bridgehead atoms. The van der Waals surface area contributed by atoms with E-state index in [9.17, 15) is 9.18 Å². The van der Waals surface area contributed by atoms with Gasteiger partial charge < -0.3 is 11.1 Å². The summed E-state index contributed by atoms with van der Waals surface area (Å²) in [6.45, 7) is 2.27. The number of carbonyl (C=O) groups is 1. The van der Waals surface area contributed by atoms with E-state index in [1.54, 1.807) is 13.0 Å². The van der Waals surface area contributed by atoms with Crippen molar-refractivity contribution in [3.8, 4) is 0 Å². The number of nitrogens with one attached hydrogen (secondary N) is 1. The number of benzene rings is 1. The van der Waals surface area contributed by atoms with E-state index >= 15 is 0 Å². The molecule has 1 aliphatic rings. The average molecular weight is 301 g/mol. The van der Waals surface area contributed by atoms with E-state index in [0.717, 1.165) is 19.3 Å². The van der Waals surface area contributed by atoms with Crippen LogP contribution in [0.4, 0.5) is 4.39 Å². The van der Waals surface area contributed by atoms with Gasteiger partial charge in [0.25, 0.3) is 5.91 Å². The summed E-state index contributed by atoms with van der Waals surface area (Å²) >= 11 is 0. The highest BCUT2D eigenvalue weighted by molar-refractivity contribution is 5.94. The quantitative estimate of drug-likeness (QED) is 0.902. The first-order valence-corrected chi connectivity index (χ1v) is 6.89. The highest BCUT2D eigenvalue weighted by atomic mass is 35.5. The largest absolute Gasteiger partial charge is 0.349 e. The lowest BCUT2D eigenvalue weighted by molar-refractivity contribution is 0.0908. The van der Waals surface area contributed by atoms with Crippen LogP contribution in [0.15, 0.2) is 18.2 Å². The van der Waals surface area contributed by atoms with E-state index in [-0.39, 0.29) is 30.2 Å². The van der Waals surface area contributed by atoms with Gasteiger partial charge in [-0.05, 0) is 56.0 Å². The standard InChI is InChI=1S/C15H21FN2O.ClH/c1-10-8-11(6-7-13(10)16)15(19)18-14-5-3-2-4-12(14)9-17;/h6-8,12,14H,2-5,9,17H2,1H3,(H,18,19);1H. The van der Waals surface area contributed by atoms with Crippen LogP contribution in [0.2, 0.25) is 0 Å². The Hall–Kier alpha value is -1.13. The summed E-state index contributed by atoms with van der Waals surface area (Å²) < 4.78 is 13.2. The summed E-state index contributed by atoms with van der Waals surface area (Å²) in [4.78, 5) is 12.2. The molecular formula is C15H22ClFN2O. The second kappa shape index (κ2) is 7.60. The van der Waals surface area contributed by atoms with Crippen molar-refractivity contribution in [2.24, 2.45) is 11.7 Å². The molecule has 0 radical (unpaired) electrons. The van der Waals surface area contributed by atoms with Crippen LogP contribution in [0, 0.1) is 18.7 Å². The maximum absolute atomic E-state index is 13.2. The number of amides is 1. The maximum atomic E-state index is 13.2. The van der Waals surface area contributed by atoms with Crippen LogP contribution >= 0.6 is 12.4 Å². The third-order valence-electron chi connectivity index (χ3n) is 3.95. The van der Waals surface area contributed by atoms with Gasteiger partial charge in [0.15, 0.2) is 0 Å². The molecule has 0 heterocycles. The van der Waals surface area contributed by atoms with Crippen LogP contribution in [-0.2, 0) is 0 Å². The fourth-order valence-corrected chi connectivity index (χ4v) is 2.72. The molecule has 1 aromatic carbocycles. The summed E-state index contributed by atoms with van der Waals surface area (Å²) in [6.07, 6.45) is 4.37. The molecule has 112 valence electrons. The van der Waals surface area contributed by atoms with Gasteiger partial charge >= 0.3 is 0 Å². The van der Waals surface area contributed by atoms with Crippen molar-refractivity contribution in [3.05, 3.63) is 35.1 Å². The van der Waals surface area contributed by atoms with Gasteiger partial charge in [-0.2, -0.15) is 0 Å². The molecule has 3 N–H and O–H groups in total. The molecule has 1 aliphatic carbocycles. The molecule has 2 unspecified atom stereocenters. The number of aryl methyl sites for hydroxylation is 1. The maximum Gasteiger partial charge on any atom is 0.251 e. The van der Waals surface area contributed by atoms with Gasteiger partial charge in [0.2, 0.25) is 0 Å². The van der Waals surface area contributed by atoms with Gasteiger partial charge in [-0.15, -0.1) is 12.4 Å². The molecule has 1 saturated carbocycles. The zero-order valence-corrected chi connectivity index (χ0v) is 12.5. The number of hydrogen-bond acceptors (Lipinski definition) is 2. The van der Waals surface area contributed by atoms with Crippen molar-refractivity contribution in [2.75, 3.05) is 6.54 Å². The van der Waals surface area contributed by atoms with Crippen LogP contribution in [0.5, 0.6) is 0 Å². The molecule has 2 atom stereocenters. The fourth-order valence-electron chi connectivity index (χ4n) is 2.72. The van der Waals surface area contributed by atoms with Crippen molar-refractivity contribution in [1.82, 2.24) is 5.32 Å². The molecule has 1 aromatic rings. The minimum absolute atomic E-state index is 0. The molecule has 3 nitrogen and oxygen atoms in total. The molecular weight excluding hydrogens is 279 g/mol. The predicted molar refractivity (Wildman–Crippen MR) is 80.7 cm³/mol. The first kappa shape index (κ1) is 16.9. The Morgan fingerprint density at radius 2 is 2.10 bits per heavy atom. The Morgan fingerprint density at radius 3 is 2.75 bits per heavy atom. The number of halogens is 2. The Balaban J connectivity index is 0.00000200. The monoisotopic (exact) mass is 300 g/mol. The molecule has 0 aromatic heterocycles. The highest BCUT2D eigenvalue weighted by Crippen LogP contribution is 2.24. The Kier molecular flexibility index (Phi) is 6.43. The van der Waals surface area contributed by atoms with Crippen molar-refractivity contribution >= 4 is 18.3 Å². The lowest BCUT2D eigenvalue weighted by Gasteiger charge is -2.31. The molecule has 20 heavy (non-hydrogen) atoms. The molecule has 2 rings (SSSR count). The first-order chi connectivity index (χ1) is 9.11. The van der Waals surface area contributed by atoms with Gasteiger partial charge in [-0.1, -0.05) is 12.8 Å². The van der Waals surface area contributed by atoms with Gasteiger partial charge in [-0.25, -0.2) is 4.39 Å². The lowest BCUT2D eigenvalue weighted by atomic mass is 9.84. The summed E-state index contributed by atoms with van der Waals surface area (Å²) in [6, 6.07) is 4.60. The number of carbonyl (C=O) groups excluding carboxylic acids is 1. The zero-order chi connectivity index (χ0) is 13.8. The first-order valence-electron chi connectivity index (χ1n) is 6.89. The highest BCUT2D eigenvalue weighted by Gasteiger charge is 2.25. The smallest absolute Gasteiger partial charge is 0.251 e. The van der Waals surface area contributed by atoms with Gasteiger partial charge in [0.05, 0.1) is 0 Å².